The van der Waals surface area contributed by atoms with E-state index in [0.717, 1.165) is 19.3 Å². The van der Waals surface area contributed by atoms with Crippen LogP contribution in [0.2, 0.25) is 20.1 Å². The van der Waals surface area contributed by atoms with Gasteiger partial charge in [-0.2, -0.15) is 0 Å². The highest BCUT2D eigenvalue weighted by Gasteiger charge is 2.15. The van der Waals surface area contributed by atoms with Gasteiger partial charge in [0.1, 0.15) is 0 Å². The molecule has 0 saturated heterocycles. The standard InChI is InChI=1S/C18H17Cl4NO2/c1-2-3-4-7-25-17-14(21)8-11(9-15(17)22)18(24)23-16-10-12(19)5-6-13(16)20/h5-6,8-10H,2-4,7H2,1H3,(H,23,24). The zero-order valence-corrected chi connectivity index (χ0v) is 16.6. The van der Waals surface area contributed by atoms with Crippen LogP contribution in [0.4, 0.5) is 5.69 Å². The summed E-state index contributed by atoms with van der Waals surface area (Å²) in [5, 5.41) is 4.10. The summed E-state index contributed by atoms with van der Waals surface area (Å²) in [6.07, 6.45) is 3.07. The molecular weight excluding hydrogens is 404 g/mol. The minimum Gasteiger partial charge on any atom is -0.490 e. The summed E-state index contributed by atoms with van der Waals surface area (Å²) in [6, 6.07) is 7.83. The van der Waals surface area contributed by atoms with Crippen molar-refractivity contribution in [1.29, 1.82) is 0 Å². The predicted molar refractivity (Wildman–Crippen MR) is 106 cm³/mol. The molecule has 2 rings (SSSR count). The maximum atomic E-state index is 12.4. The third-order valence-corrected chi connectivity index (χ3v) is 4.56. The molecule has 2 aromatic carbocycles. The van der Waals surface area contributed by atoms with Crippen molar-refractivity contribution in [3.63, 3.8) is 0 Å². The minimum atomic E-state index is -0.398. The van der Waals surface area contributed by atoms with Crippen molar-refractivity contribution in [2.24, 2.45) is 0 Å². The first-order valence-electron chi connectivity index (χ1n) is 7.80. The number of anilines is 1. The van der Waals surface area contributed by atoms with Crippen LogP contribution in [0.3, 0.4) is 0 Å². The summed E-state index contributed by atoms with van der Waals surface area (Å²) >= 11 is 24.4. The van der Waals surface area contributed by atoms with E-state index in [-0.39, 0.29) is 10.0 Å². The Morgan fingerprint density at radius 1 is 1.00 bits per heavy atom. The van der Waals surface area contributed by atoms with Gasteiger partial charge in [0.15, 0.2) is 5.75 Å². The van der Waals surface area contributed by atoms with Crippen LogP contribution in [0.15, 0.2) is 30.3 Å². The lowest BCUT2D eigenvalue weighted by Gasteiger charge is -2.12. The van der Waals surface area contributed by atoms with Crippen LogP contribution < -0.4 is 10.1 Å². The fourth-order valence-electron chi connectivity index (χ4n) is 2.14. The van der Waals surface area contributed by atoms with E-state index in [1.165, 1.54) is 12.1 Å². The zero-order chi connectivity index (χ0) is 18.4. The fraction of sp³-hybridized carbons (Fsp3) is 0.278. The molecule has 0 unspecified atom stereocenters. The van der Waals surface area contributed by atoms with Crippen LogP contribution >= 0.6 is 46.4 Å². The topological polar surface area (TPSA) is 38.3 Å². The Hall–Kier alpha value is -1.13. The molecule has 0 aliphatic rings. The van der Waals surface area contributed by atoms with Gasteiger partial charge in [-0.05, 0) is 36.8 Å². The molecule has 0 aliphatic heterocycles. The summed E-state index contributed by atoms with van der Waals surface area (Å²) in [5.74, 6) is -0.0118. The Morgan fingerprint density at radius 2 is 1.68 bits per heavy atom. The Labute approximate surface area is 167 Å². The van der Waals surface area contributed by atoms with Crippen LogP contribution in [-0.4, -0.2) is 12.5 Å². The number of halogens is 4. The third kappa shape index (κ3) is 5.68. The van der Waals surface area contributed by atoms with Gasteiger partial charge >= 0.3 is 0 Å². The second-order valence-electron chi connectivity index (χ2n) is 5.40. The first-order chi connectivity index (χ1) is 11.9. The third-order valence-electron chi connectivity index (χ3n) is 3.43. The number of unbranched alkanes of at least 4 members (excludes halogenated alkanes) is 2. The molecule has 0 fully saturated rings. The van der Waals surface area contributed by atoms with Gasteiger partial charge in [0.2, 0.25) is 0 Å². The quantitative estimate of drug-likeness (QED) is 0.484. The van der Waals surface area contributed by atoms with Crippen molar-refractivity contribution >= 4 is 58.0 Å². The number of rotatable bonds is 7. The number of benzene rings is 2. The smallest absolute Gasteiger partial charge is 0.255 e. The van der Waals surface area contributed by atoms with Crippen LogP contribution in [0, 0.1) is 0 Å². The van der Waals surface area contributed by atoms with E-state index in [1.54, 1.807) is 18.2 Å². The van der Waals surface area contributed by atoms with Gasteiger partial charge in [-0.3, -0.25) is 4.79 Å². The van der Waals surface area contributed by atoms with Gasteiger partial charge < -0.3 is 10.1 Å². The van der Waals surface area contributed by atoms with Gasteiger partial charge in [0.25, 0.3) is 5.91 Å². The van der Waals surface area contributed by atoms with E-state index in [2.05, 4.69) is 12.2 Å². The summed E-state index contributed by atoms with van der Waals surface area (Å²) < 4.78 is 5.62. The van der Waals surface area contributed by atoms with Crippen molar-refractivity contribution in [2.75, 3.05) is 11.9 Å². The summed E-state index contributed by atoms with van der Waals surface area (Å²) in [4.78, 5) is 12.4. The lowest BCUT2D eigenvalue weighted by Crippen LogP contribution is -2.12. The largest absolute Gasteiger partial charge is 0.490 e. The molecular formula is C18H17Cl4NO2. The Morgan fingerprint density at radius 3 is 2.32 bits per heavy atom. The molecule has 0 spiro atoms. The fourth-order valence-corrected chi connectivity index (χ4v) is 3.08. The molecule has 0 bridgehead atoms. The van der Waals surface area contributed by atoms with Gasteiger partial charge in [0, 0.05) is 10.6 Å². The van der Waals surface area contributed by atoms with E-state index >= 15 is 0 Å². The predicted octanol–water partition coefficient (Wildman–Crippen LogP) is 7.12. The van der Waals surface area contributed by atoms with Crippen molar-refractivity contribution in [3.8, 4) is 5.75 Å². The molecule has 0 atom stereocenters. The molecule has 134 valence electrons. The van der Waals surface area contributed by atoms with Crippen molar-refractivity contribution in [2.45, 2.75) is 26.2 Å². The molecule has 1 N–H and O–H groups in total. The Kier molecular flexibility index (Phi) is 7.70. The summed E-state index contributed by atoms with van der Waals surface area (Å²) in [5.41, 5.74) is 0.707. The number of carbonyl (C=O) groups is 1. The van der Waals surface area contributed by atoms with Gasteiger partial charge in [-0.15, -0.1) is 0 Å². The van der Waals surface area contributed by atoms with Crippen LogP contribution in [0.5, 0.6) is 5.75 Å². The average Bonchev–Trinajstić information content (AvgIpc) is 2.56. The van der Waals surface area contributed by atoms with Gasteiger partial charge in [-0.1, -0.05) is 66.2 Å². The minimum absolute atomic E-state index is 0.284. The normalized spacial score (nSPS) is 10.6. The molecule has 0 radical (unpaired) electrons. The number of hydrogen-bond acceptors (Lipinski definition) is 2. The van der Waals surface area contributed by atoms with Crippen LogP contribution in [0.25, 0.3) is 0 Å². The number of nitrogens with one attached hydrogen (secondary N) is 1. The van der Waals surface area contributed by atoms with E-state index in [9.17, 15) is 4.79 Å². The monoisotopic (exact) mass is 419 g/mol. The van der Waals surface area contributed by atoms with Crippen LogP contribution in [0.1, 0.15) is 36.5 Å². The highest BCUT2D eigenvalue weighted by molar-refractivity contribution is 6.38. The number of carbonyl (C=O) groups excluding carboxylic acids is 1. The van der Waals surface area contributed by atoms with Crippen molar-refractivity contribution in [1.82, 2.24) is 0 Å². The number of amides is 1. The van der Waals surface area contributed by atoms with E-state index in [0.29, 0.717) is 33.7 Å². The molecule has 0 heterocycles. The molecule has 2 aromatic rings. The molecule has 0 aromatic heterocycles. The van der Waals surface area contributed by atoms with Crippen molar-refractivity contribution in [3.05, 3.63) is 56.0 Å². The second-order valence-corrected chi connectivity index (χ2v) is 7.06. The number of ether oxygens (including phenoxy) is 1. The lowest BCUT2D eigenvalue weighted by atomic mass is 10.2. The number of hydrogen-bond donors (Lipinski definition) is 1. The SMILES string of the molecule is CCCCCOc1c(Cl)cc(C(=O)Nc2cc(Cl)ccc2Cl)cc1Cl. The van der Waals surface area contributed by atoms with Gasteiger partial charge in [0.05, 0.1) is 27.4 Å². The Balaban J connectivity index is 2.14. The maximum Gasteiger partial charge on any atom is 0.255 e. The van der Waals surface area contributed by atoms with Crippen LogP contribution in [-0.2, 0) is 0 Å². The lowest BCUT2D eigenvalue weighted by molar-refractivity contribution is 0.102. The average molecular weight is 421 g/mol. The molecule has 0 saturated carbocycles. The molecule has 25 heavy (non-hydrogen) atoms. The molecule has 7 heteroatoms. The Bertz CT molecular complexity index is 742. The first-order valence-corrected chi connectivity index (χ1v) is 9.31. The molecule has 3 nitrogen and oxygen atoms in total. The highest BCUT2D eigenvalue weighted by Crippen LogP contribution is 2.35. The summed E-state index contributed by atoms with van der Waals surface area (Å²) in [7, 11) is 0. The van der Waals surface area contributed by atoms with Gasteiger partial charge in [-0.25, -0.2) is 0 Å². The van der Waals surface area contributed by atoms with Crippen molar-refractivity contribution < 1.29 is 9.53 Å². The second kappa shape index (κ2) is 9.54. The molecule has 1 amide bonds. The highest BCUT2D eigenvalue weighted by atomic mass is 35.5. The van der Waals surface area contributed by atoms with E-state index in [1.807, 2.05) is 0 Å². The first kappa shape index (κ1) is 20.2. The maximum absolute atomic E-state index is 12.4. The van der Waals surface area contributed by atoms with E-state index in [4.69, 9.17) is 51.1 Å². The zero-order valence-electron chi connectivity index (χ0n) is 13.5. The molecule has 0 aliphatic carbocycles. The summed E-state index contributed by atoms with van der Waals surface area (Å²) in [6.45, 7) is 2.64. The van der Waals surface area contributed by atoms with E-state index < -0.39 is 5.91 Å².